The molecule has 0 aliphatic carbocycles. The van der Waals surface area contributed by atoms with Crippen molar-refractivity contribution in [1.82, 2.24) is 9.97 Å². The molecule has 1 heterocycles. The maximum Gasteiger partial charge on any atom is 0.155 e. The summed E-state index contributed by atoms with van der Waals surface area (Å²) in [6.07, 6.45) is 0. The molecule has 0 saturated carbocycles. The maximum absolute atomic E-state index is 6.04. The van der Waals surface area contributed by atoms with E-state index in [4.69, 9.17) is 11.6 Å². The van der Waals surface area contributed by atoms with Gasteiger partial charge in [0.05, 0.1) is 5.69 Å². The summed E-state index contributed by atoms with van der Waals surface area (Å²) in [7, 11) is 0. The molecule has 2 rings (SSSR count). The molecule has 0 amide bonds. The van der Waals surface area contributed by atoms with Crippen LogP contribution in [0.4, 0.5) is 0 Å². The summed E-state index contributed by atoms with van der Waals surface area (Å²) in [5.41, 5.74) is 2.46. The van der Waals surface area contributed by atoms with E-state index in [1.807, 2.05) is 37.3 Å². The second-order valence-corrected chi connectivity index (χ2v) is 4.21. The molecule has 0 aliphatic heterocycles. The lowest BCUT2D eigenvalue weighted by molar-refractivity contribution is 1.09. The highest BCUT2D eigenvalue weighted by Gasteiger charge is 2.09. The summed E-state index contributed by atoms with van der Waals surface area (Å²) in [5.74, 6) is 0. The number of nitrogens with zero attached hydrogens (tertiary/aromatic N) is 2. The molecular formula is C11H8BrClN2. The largest absolute Gasteiger partial charge is 0.236 e. The first-order chi connectivity index (χ1) is 7.18. The first kappa shape index (κ1) is 10.6. The summed E-state index contributed by atoms with van der Waals surface area (Å²) >= 11 is 9.39. The number of aryl methyl sites for hydroxylation is 1. The van der Waals surface area contributed by atoms with E-state index in [-0.39, 0.29) is 0 Å². The van der Waals surface area contributed by atoms with Crippen LogP contribution in [0.1, 0.15) is 5.69 Å². The van der Waals surface area contributed by atoms with Crippen LogP contribution in [-0.2, 0) is 0 Å². The molecule has 0 unspecified atom stereocenters. The lowest BCUT2D eigenvalue weighted by Crippen LogP contribution is -1.93. The van der Waals surface area contributed by atoms with E-state index in [2.05, 4.69) is 25.9 Å². The minimum atomic E-state index is 0.432. The molecule has 2 nitrogen and oxygen atoms in total. The molecule has 4 heteroatoms. The Morgan fingerprint density at radius 3 is 2.47 bits per heavy atom. The lowest BCUT2D eigenvalue weighted by Gasteiger charge is -2.05. The van der Waals surface area contributed by atoms with Crippen molar-refractivity contribution >= 4 is 27.5 Å². The van der Waals surface area contributed by atoms with E-state index in [1.165, 1.54) is 0 Å². The Balaban J connectivity index is 2.59. The zero-order valence-electron chi connectivity index (χ0n) is 8.04. The molecule has 0 spiro atoms. The monoisotopic (exact) mass is 282 g/mol. The standard InChI is InChI=1S/C11H8BrClN2/c1-7-10(12)15-9(11(13)14-7)8-5-3-2-4-6-8/h2-6H,1H3. The smallest absolute Gasteiger partial charge is 0.155 e. The molecular weight excluding hydrogens is 275 g/mol. The Morgan fingerprint density at radius 1 is 1.13 bits per heavy atom. The Hall–Kier alpha value is -0.930. The molecule has 2 aromatic rings. The highest BCUT2D eigenvalue weighted by molar-refractivity contribution is 9.10. The second kappa shape index (κ2) is 4.29. The Kier molecular flexibility index (Phi) is 3.03. The summed E-state index contributed by atoms with van der Waals surface area (Å²) in [6.45, 7) is 1.86. The summed E-state index contributed by atoms with van der Waals surface area (Å²) in [4.78, 5) is 8.57. The van der Waals surface area contributed by atoms with Crippen LogP contribution in [0.5, 0.6) is 0 Å². The molecule has 1 aromatic heterocycles. The van der Waals surface area contributed by atoms with E-state index >= 15 is 0 Å². The van der Waals surface area contributed by atoms with Crippen molar-refractivity contribution in [2.24, 2.45) is 0 Å². The van der Waals surface area contributed by atoms with Gasteiger partial charge >= 0.3 is 0 Å². The number of hydrogen-bond acceptors (Lipinski definition) is 2. The fourth-order valence-corrected chi connectivity index (χ4v) is 1.80. The number of halogens is 2. The maximum atomic E-state index is 6.04. The molecule has 0 atom stereocenters. The van der Waals surface area contributed by atoms with Crippen molar-refractivity contribution in [3.05, 3.63) is 45.8 Å². The van der Waals surface area contributed by atoms with Crippen LogP contribution in [-0.4, -0.2) is 9.97 Å². The van der Waals surface area contributed by atoms with Gasteiger partial charge in [-0.1, -0.05) is 41.9 Å². The second-order valence-electron chi connectivity index (χ2n) is 3.11. The van der Waals surface area contributed by atoms with Crippen LogP contribution in [0.25, 0.3) is 11.3 Å². The van der Waals surface area contributed by atoms with Gasteiger partial charge in [-0.3, -0.25) is 0 Å². The molecule has 15 heavy (non-hydrogen) atoms. The van der Waals surface area contributed by atoms with Crippen LogP contribution < -0.4 is 0 Å². The zero-order chi connectivity index (χ0) is 10.8. The average molecular weight is 284 g/mol. The van der Waals surface area contributed by atoms with Gasteiger partial charge < -0.3 is 0 Å². The Bertz CT molecular complexity index is 485. The van der Waals surface area contributed by atoms with Gasteiger partial charge in [0.25, 0.3) is 0 Å². The van der Waals surface area contributed by atoms with E-state index in [0.29, 0.717) is 10.8 Å². The third kappa shape index (κ3) is 2.19. The number of rotatable bonds is 1. The molecule has 0 bridgehead atoms. The summed E-state index contributed by atoms with van der Waals surface area (Å²) in [6, 6.07) is 9.76. The molecule has 0 N–H and O–H groups in total. The minimum absolute atomic E-state index is 0.432. The first-order valence-electron chi connectivity index (χ1n) is 4.43. The van der Waals surface area contributed by atoms with Gasteiger partial charge in [0.1, 0.15) is 10.3 Å². The quantitative estimate of drug-likeness (QED) is 0.794. The summed E-state index contributed by atoms with van der Waals surface area (Å²) in [5, 5.41) is 0.432. The van der Waals surface area contributed by atoms with Crippen molar-refractivity contribution in [1.29, 1.82) is 0 Å². The minimum Gasteiger partial charge on any atom is -0.236 e. The lowest BCUT2D eigenvalue weighted by atomic mass is 10.2. The van der Waals surface area contributed by atoms with Gasteiger partial charge in [0.15, 0.2) is 5.15 Å². The predicted molar refractivity (Wildman–Crippen MR) is 64.9 cm³/mol. The van der Waals surface area contributed by atoms with Gasteiger partial charge in [0.2, 0.25) is 0 Å². The van der Waals surface area contributed by atoms with Gasteiger partial charge in [-0.2, -0.15) is 0 Å². The third-order valence-corrected chi connectivity index (χ3v) is 3.03. The fraction of sp³-hybridized carbons (Fsp3) is 0.0909. The number of hydrogen-bond donors (Lipinski definition) is 0. The normalized spacial score (nSPS) is 10.3. The highest BCUT2D eigenvalue weighted by atomic mass is 79.9. The SMILES string of the molecule is Cc1nc(Cl)c(-c2ccccc2)nc1Br. The average Bonchev–Trinajstić information content (AvgIpc) is 2.25. The van der Waals surface area contributed by atoms with Crippen LogP contribution in [0.15, 0.2) is 34.9 Å². The Labute approximate surface area is 101 Å². The van der Waals surface area contributed by atoms with Crippen LogP contribution in [0.3, 0.4) is 0 Å². The fourth-order valence-electron chi connectivity index (χ4n) is 1.25. The zero-order valence-corrected chi connectivity index (χ0v) is 10.4. The van der Waals surface area contributed by atoms with Crippen LogP contribution in [0, 0.1) is 6.92 Å². The molecule has 0 saturated heterocycles. The van der Waals surface area contributed by atoms with Gasteiger partial charge in [-0.05, 0) is 22.9 Å². The highest BCUT2D eigenvalue weighted by Crippen LogP contribution is 2.26. The first-order valence-corrected chi connectivity index (χ1v) is 5.60. The Morgan fingerprint density at radius 2 is 1.80 bits per heavy atom. The van der Waals surface area contributed by atoms with Crippen molar-refractivity contribution < 1.29 is 0 Å². The van der Waals surface area contributed by atoms with Crippen molar-refractivity contribution in [2.45, 2.75) is 6.92 Å². The third-order valence-electron chi connectivity index (χ3n) is 2.02. The predicted octanol–water partition coefficient (Wildman–Crippen LogP) is 3.87. The molecule has 0 aliphatic rings. The summed E-state index contributed by atoms with van der Waals surface area (Å²) < 4.78 is 0.728. The van der Waals surface area contributed by atoms with Gasteiger partial charge in [0, 0.05) is 5.56 Å². The topological polar surface area (TPSA) is 25.8 Å². The van der Waals surface area contributed by atoms with Crippen molar-refractivity contribution in [3.63, 3.8) is 0 Å². The van der Waals surface area contributed by atoms with E-state index in [9.17, 15) is 0 Å². The molecule has 76 valence electrons. The van der Waals surface area contributed by atoms with E-state index < -0.39 is 0 Å². The van der Waals surface area contributed by atoms with Gasteiger partial charge in [-0.25, -0.2) is 9.97 Å². The van der Waals surface area contributed by atoms with E-state index in [1.54, 1.807) is 0 Å². The van der Waals surface area contributed by atoms with E-state index in [0.717, 1.165) is 15.9 Å². The molecule has 0 fully saturated rings. The van der Waals surface area contributed by atoms with Crippen molar-refractivity contribution in [2.75, 3.05) is 0 Å². The van der Waals surface area contributed by atoms with Crippen molar-refractivity contribution in [3.8, 4) is 11.3 Å². The number of benzene rings is 1. The molecule has 0 radical (unpaired) electrons. The van der Waals surface area contributed by atoms with Gasteiger partial charge in [-0.15, -0.1) is 0 Å². The molecule has 1 aromatic carbocycles. The van der Waals surface area contributed by atoms with Crippen LogP contribution >= 0.6 is 27.5 Å². The number of aromatic nitrogens is 2. The van der Waals surface area contributed by atoms with Crippen LogP contribution in [0.2, 0.25) is 5.15 Å².